The zero-order chi connectivity index (χ0) is 13.6. The van der Waals surface area contributed by atoms with Crippen LogP contribution in [-0.2, 0) is 6.42 Å². The maximum Gasteiger partial charge on any atom is 0.00684 e. The summed E-state index contributed by atoms with van der Waals surface area (Å²) in [7, 11) is 0. The third kappa shape index (κ3) is 5.36. The average molecular weight is 259 g/mol. The van der Waals surface area contributed by atoms with Gasteiger partial charge in [-0.1, -0.05) is 50.6 Å². The molecule has 1 aliphatic rings. The van der Waals surface area contributed by atoms with Gasteiger partial charge in [0.1, 0.15) is 0 Å². The SMILES string of the molecule is CCCC(C)(CCCc1ccccc1)CNC1CC1. The van der Waals surface area contributed by atoms with Gasteiger partial charge in [0.25, 0.3) is 0 Å². The lowest BCUT2D eigenvalue weighted by atomic mass is 9.80. The minimum absolute atomic E-state index is 0.492. The van der Waals surface area contributed by atoms with Crippen LogP contribution in [0.4, 0.5) is 0 Å². The highest BCUT2D eigenvalue weighted by Gasteiger charge is 2.27. The Hall–Kier alpha value is -0.820. The molecule has 19 heavy (non-hydrogen) atoms. The van der Waals surface area contributed by atoms with Crippen LogP contribution in [-0.4, -0.2) is 12.6 Å². The van der Waals surface area contributed by atoms with Gasteiger partial charge in [-0.25, -0.2) is 0 Å². The van der Waals surface area contributed by atoms with E-state index in [2.05, 4.69) is 49.5 Å². The van der Waals surface area contributed by atoms with Crippen LogP contribution in [0.25, 0.3) is 0 Å². The Balaban J connectivity index is 1.75. The van der Waals surface area contributed by atoms with Crippen LogP contribution in [0.5, 0.6) is 0 Å². The molecule has 1 nitrogen and oxygen atoms in total. The van der Waals surface area contributed by atoms with Crippen molar-refractivity contribution >= 4 is 0 Å². The maximum absolute atomic E-state index is 3.73. The zero-order valence-corrected chi connectivity index (χ0v) is 12.6. The van der Waals surface area contributed by atoms with Crippen LogP contribution in [0, 0.1) is 5.41 Å². The molecule has 1 fully saturated rings. The molecule has 0 bridgehead atoms. The van der Waals surface area contributed by atoms with Gasteiger partial charge in [-0.2, -0.15) is 0 Å². The number of hydrogen-bond acceptors (Lipinski definition) is 1. The summed E-state index contributed by atoms with van der Waals surface area (Å²) in [5.74, 6) is 0. The molecule has 1 atom stereocenters. The molecule has 1 aromatic carbocycles. The third-order valence-electron chi connectivity index (χ3n) is 4.34. The second-order valence-corrected chi connectivity index (χ2v) is 6.55. The second kappa shape index (κ2) is 7.09. The van der Waals surface area contributed by atoms with Crippen LogP contribution < -0.4 is 5.32 Å². The molecule has 0 aromatic heterocycles. The standard InChI is InChI=1S/C18H29N/c1-3-13-18(2,15-19-17-11-12-17)14-7-10-16-8-5-4-6-9-16/h4-6,8-9,17,19H,3,7,10-15H2,1-2H3. The van der Waals surface area contributed by atoms with Crippen LogP contribution in [0.15, 0.2) is 30.3 Å². The van der Waals surface area contributed by atoms with Gasteiger partial charge in [-0.15, -0.1) is 0 Å². The predicted molar refractivity (Wildman–Crippen MR) is 83.4 cm³/mol. The first kappa shape index (κ1) is 14.6. The Labute approximate surface area is 118 Å². The molecule has 0 spiro atoms. The van der Waals surface area contributed by atoms with E-state index in [1.807, 2.05) is 0 Å². The largest absolute Gasteiger partial charge is 0.313 e. The lowest BCUT2D eigenvalue weighted by Crippen LogP contribution is -2.33. The number of hydrogen-bond donors (Lipinski definition) is 1. The number of rotatable bonds is 9. The lowest BCUT2D eigenvalue weighted by Gasteiger charge is -2.30. The van der Waals surface area contributed by atoms with Gasteiger partial charge in [0.15, 0.2) is 0 Å². The lowest BCUT2D eigenvalue weighted by molar-refractivity contribution is 0.248. The Kier molecular flexibility index (Phi) is 5.45. The number of nitrogens with one attached hydrogen (secondary N) is 1. The van der Waals surface area contributed by atoms with Gasteiger partial charge in [0.05, 0.1) is 0 Å². The van der Waals surface area contributed by atoms with E-state index in [1.54, 1.807) is 0 Å². The smallest absolute Gasteiger partial charge is 0.00684 e. The molecule has 0 radical (unpaired) electrons. The van der Waals surface area contributed by atoms with E-state index in [-0.39, 0.29) is 0 Å². The molecule has 0 saturated heterocycles. The predicted octanol–water partition coefficient (Wildman–Crippen LogP) is 4.57. The van der Waals surface area contributed by atoms with Crippen LogP contribution in [0.1, 0.15) is 57.9 Å². The van der Waals surface area contributed by atoms with E-state index in [0.29, 0.717) is 5.41 Å². The first-order chi connectivity index (χ1) is 9.22. The van der Waals surface area contributed by atoms with Crippen LogP contribution in [0.3, 0.4) is 0 Å². The summed E-state index contributed by atoms with van der Waals surface area (Å²) in [6.07, 6.45) is 9.32. The molecule has 1 N–H and O–H groups in total. The summed E-state index contributed by atoms with van der Waals surface area (Å²) in [6, 6.07) is 11.7. The Morgan fingerprint density at radius 2 is 1.89 bits per heavy atom. The quantitative estimate of drug-likeness (QED) is 0.685. The van der Waals surface area contributed by atoms with Crippen LogP contribution in [0.2, 0.25) is 0 Å². The van der Waals surface area contributed by atoms with E-state index in [4.69, 9.17) is 0 Å². The molecule has 0 aliphatic heterocycles. The van der Waals surface area contributed by atoms with E-state index >= 15 is 0 Å². The highest BCUT2D eigenvalue weighted by atomic mass is 15.0. The molecule has 1 heteroatoms. The summed E-state index contributed by atoms with van der Waals surface area (Å²) in [5.41, 5.74) is 1.98. The highest BCUT2D eigenvalue weighted by molar-refractivity contribution is 5.14. The van der Waals surface area contributed by atoms with E-state index in [9.17, 15) is 0 Å². The van der Waals surface area contributed by atoms with E-state index < -0.39 is 0 Å². The molecule has 0 amide bonds. The molecule has 106 valence electrons. The Bertz CT molecular complexity index is 355. The zero-order valence-electron chi connectivity index (χ0n) is 12.6. The molecule has 0 heterocycles. The van der Waals surface area contributed by atoms with Gasteiger partial charge < -0.3 is 5.32 Å². The summed E-state index contributed by atoms with van der Waals surface area (Å²) in [5, 5.41) is 3.73. The fourth-order valence-electron chi connectivity index (χ4n) is 2.95. The minimum Gasteiger partial charge on any atom is -0.313 e. The fourth-order valence-corrected chi connectivity index (χ4v) is 2.95. The molecule has 1 aliphatic carbocycles. The van der Waals surface area contributed by atoms with Crippen molar-refractivity contribution in [1.29, 1.82) is 0 Å². The van der Waals surface area contributed by atoms with Gasteiger partial charge >= 0.3 is 0 Å². The van der Waals surface area contributed by atoms with Crippen molar-refractivity contribution in [2.45, 2.75) is 64.8 Å². The Morgan fingerprint density at radius 3 is 2.53 bits per heavy atom. The van der Waals surface area contributed by atoms with Gasteiger partial charge in [-0.3, -0.25) is 0 Å². The molecule has 2 rings (SSSR count). The van der Waals surface area contributed by atoms with Crippen molar-refractivity contribution < 1.29 is 0 Å². The molecule has 1 saturated carbocycles. The van der Waals surface area contributed by atoms with Crippen molar-refractivity contribution in [3.05, 3.63) is 35.9 Å². The van der Waals surface area contributed by atoms with Crippen molar-refractivity contribution in [2.75, 3.05) is 6.54 Å². The fraction of sp³-hybridized carbons (Fsp3) is 0.667. The first-order valence-corrected chi connectivity index (χ1v) is 7.99. The van der Waals surface area contributed by atoms with Gasteiger partial charge in [-0.05, 0) is 49.5 Å². The van der Waals surface area contributed by atoms with E-state index in [1.165, 1.54) is 57.1 Å². The highest BCUT2D eigenvalue weighted by Crippen LogP contribution is 2.31. The maximum atomic E-state index is 3.73. The second-order valence-electron chi connectivity index (χ2n) is 6.55. The Morgan fingerprint density at radius 1 is 1.16 bits per heavy atom. The number of benzene rings is 1. The summed E-state index contributed by atoms with van der Waals surface area (Å²) >= 11 is 0. The molecule has 1 unspecified atom stereocenters. The average Bonchev–Trinajstić information content (AvgIpc) is 3.22. The third-order valence-corrected chi connectivity index (χ3v) is 4.34. The monoisotopic (exact) mass is 259 g/mol. The van der Waals surface area contributed by atoms with Crippen LogP contribution >= 0.6 is 0 Å². The minimum atomic E-state index is 0.492. The molecular weight excluding hydrogens is 230 g/mol. The van der Waals surface area contributed by atoms with Crippen molar-refractivity contribution in [3.8, 4) is 0 Å². The van der Waals surface area contributed by atoms with Crippen molar-refractivity contribution in [1.82, 2.24) is 5.32 Å². The normalized spacial score (nSPS) is 18.2. The van der Waals surface area contributed by atoms with Crippen molar-refractivity contribution in [2.24, 2.45) is 5.41 Å². The summed E-state index contributed by atoms with van der Waals surface area (Å²) in [4.78, 5) is 0. The van der Waals surface area contributed by atoms with Gasteiger partial charge in [0, 0.05) is 12.6 Å². The van der Waals surface area contributed by atoms with Gasteiger partial charge in [0.2, 0.25) is 0 Å². The molecule has 1 aromatic rings. The first-order valence-electron chi connectivity index (χ1n) is 7.99. The number of aryl methyl sites for hydroxylation is 1. The topological polar surface area (TPSA) is 12.0 Å². The molecular formula is C18H29N. The van der Waals surface area contributed by atoms with E-state index in [0.717, 1.165) is 6.04 Å². The summed E-state index contributed by atoms with van der Waals surface area (Å²) in [6.45, 7) is 5.99. The van der Waals surface area contributed by atoms with Crippen molar-refractivity contribution in [3.63, 3.8) is 0 Å². The summed E-state index contributed by atoms with van der Waals surface area (Å²) < 4.78 is 0.